The summed E-state index contributed by atoms with van der Waals surface area (Å²) in [5.41, 5.74) is 3.81. The Morgan fingerprint density at radius 1 is 1.27 bits per heavy atom. The molecule has 1 N–H and O–H groups in total. The molecule has 0 aromatic heterocycles. The lowest BCUT2D eigenvalue weighted by Crippen LogP contribution is -2.29. The van der Waals surface area contributed by atoms with E-state index in [1.54, 1.807) is 0 Å². The zero-order valence-corrected chi connectivity index (χ0v) is 9.34. The zero-order valence-electron chi connectivity index (χ0n) is 9.34. The van der Waals surface area contributed by atoms with Gasteiger partial charge in [-0.3, -0.25) is 4.79 Å². The molecule has 1 fully saturated rings. The first-order valence-electron chi connectivity index (χ1n) is 5.48. The van der Waals surface area contributed by atoms with Crippen molar-refractivity contribution < 1.29 is 4.79 Å². The Labute approximate surface area is 90.7 Å². The van der Waals surface area contributed by atoms with Gasteiger partial charge in [0.1, 0.15) is 0 Å². The summed E-state index contributed by atoms with van der Waals surface area (Å²) >= 11 is 0. The Morgan fingerprint density at radius 3 is 2.47 bits per heavy atom. The van der Waals surface area contributed by atoms with Crippen LogP contribution in [0.25, 0.3) is 0 Å². The molecule has 0 aliphatic carbocycles. The van der Waals surface area contributed by atoms with Crippen LogP contribution in [-0.2, 0) is 11.2 Å². The van der Waals surface area contributed by atoms with Gasteiger partial charge in [0.25, 0.3) is 0 Å². The van der Waals surface area contributed by atoms with Crippen LogP contribution in [0.4, 0.5) is 0 Å². The first kappa shape index (κ1) is 10.4. The number of carbonyl (C=O) groups excluding carboxylic acids is 1. The molecule has 1 aliphatic rings. The average molecular weight is 203 g/mol. The molecule has 1 aliphatic heterocycles. The summed E-state index contributed by atoms with van der Waals surface area (Å²) in [5, 5.41) is 3.24. The Bertz CT molecular complexity index is 364. The highest BCUT2D eigenvalue weighted by Gasteiger charge is 2.23. The number of Topliss-reactive ketones (excluding diaryl/α,β-unsaturated/α-hetero) is 1. The van der Waals surface area contributed by atoms with Gasteiger partial charge in [-0.1, -0.05) is 29.3 Å². The van der Waals surface area contributed by atoms with Gasteiger partial charge in [0.15, 0.2) is 5.78 Å². The maximum absolute atomic E-state index is 11.5. The maximum Gasteiger partial charge on any atom is 0.151 e. The Kier molecular flexibility index (Phi) is 2.87. The molecule has 1 atom stereocenters. The quantitative estimate of drug-likeness (QED) is 0.793. The fraction of sp³-hybridized carbons (Fsp3) is 0.462. The second kappa shape index (κ2) is 4.15. The number of hydrogen-bond donors (Lipinski definition) is 1. The van der Waals surface area contributed by atoms with E-state index in [0.29, 0.717) is 12.2 Å². The maximum atomic E-state index is 11.5. The third-order valence-electron chi connectivity index (χ3n) is 2.87. The van der Waals surface area contributed by atoms with Crippen LogP contribution in [0.2, 0.25) is 0 Å². The fourth-order valence-electron chi connectivity index (χ4n) is 2.27. The van der Waals surface area contributed by atoms with Gasteiger partial charge >= 0.3 is 0 Å². The molecule has 80 valence electrons. The van der Waals surface area contributed by atoms with Gasteiger partial charge in [0.05, 0.1) is 6.04 Å². The predicted molar refractivity (Wildman–Crippen MR) is 61.0 cm³/mol. The van der Waals surface area contributed by atoms with Gasteiger partial charge in [-0.05, 0) is 25.8 Å². The summed E-state index contributed by atoms with van der Waals surface area (Å²) in [6.07, 6.45) is 1.52. The Hall–Kier alpha value is -1.15. The van der Waals surface area contributed by atoms with E-state index >= 15 is 0 Å². The van der Waals surface area contributed by atoms with Gasteiger partial charge < -0.3 is 5.32 Å². The Balaban J connectivity index is 2.13. The molecule has 15 heavy (non-hydrogen) atoms. The molecule has 0 radical (unpaired) electrons. The van der Waals surface area contributed by atoms with Crippen LogP contribution in [0.15, 0.2) is 18.2 Å². The van der Waals surface area contributed by atoms with Crippen LogP contribution in [0, 0.1) is 13.8 Å². The van der Waals surface area contributed by atoms with Gasteiger partial charge in [-0.15, -0.1) is 0 Å². The van der Waals surface area contributed by atoms with Gasteiger partial charge in [0.2, 0.25) is 0 Å². The Morgan fingerprint density at radius 2 is 1.93 bits per heavy atom. The van der Waals surface area contributed by atoms with Gasteiger partial charge in [-0.25, -0.2) is 0 Å². The summed E-state index contributed by atoms with van der Waals surface area (Å²) in [6.45, 7) is 5.04. The molecule has 2 heteroatoms. The van der Waals surface area contributed by atoms with Crippen molar-refractivity contribution in [2.24, 2.45) is 0 Å². The van der Waals surface area contributed by atoms with Crippen molar-refractivity contribution in [3.8, 4) is 0 Å². The van der Waals surface area contributed by atoms with E-state index in [-0.39, 0.29) is 6.04 Å². The van der Waals surface area contributed by atoms with Crippen LogP contribution < -0.4 is 5.32 Å². The van der Waals surface area contributed by atoms with E-state index in [0.717, 1.165) is 13.0 Å². The number of rotatable bonds is 2. The van der Waals surface area contributed by atoms with Crippen molar-refractivity contribution in [3.05, 3.63) is 34.9 Å². The van der Waals surface area contributed by atoms with Crippen LogP contribution in [0.5, 0.6) is 0 Å². The fourth-order valence-corrected chi connectivity index (χ4v) is 2.27. The third kappa shape index (κ3) is 2.45. The molecule has 1 saturated heterocycles. The molecular weight excluding hydrogens is 186 g/mol. The lowest BCUT2D eigenvalue weighted by molar-refractivity contribution is -0.118. The van der Waals surface area contributed by atoms with Crippen LogP contribution in [0.1, 0.15) is 23.1 Å². The second-order valence-corrected chi connectivity index (χ2v) is 4.42. The number of benzene rings is 1. The van der Waals surface area contributed by atoms with E-state index < -0.39 is 0 Å². The molecular formula is C13H17NO. The van der Waals surface area contributed by atoms with E-state index in [4.69, 9.17) is 0 Å². The molecule has 0 amide bonds. The molecule has 0 spiro atoms. The minimum Gasteiger partial charge on any atom is -0.307 e. The highest BCUT2D eigenvalue weighted by atomic mass is 16.1. The molecule has 1 aromatic carbocycles. The second-order valence-electron chi connectivity index (χ2n) is 4.42. The summed E-state index contributed by atoms with van der Waals surface area (Å²) < 4.78 is 0. The molecule has 0 bridgehead atoms. The topological polar surface area (TPSA) is 29.1 Å². The monoisotopic (exact) mass is 203 g/mol. The predicted octanol–water partition coefficient (Wildman–Crippen LogP) is 1.78. The normalized spacial score (nSPS) is 20.9. The summed E-state index contributed by atoms with van der Waals surface area (Å²) in [4.78, 5) is 11.5. The molecule has 1 aromatic rings. The minimum atomic E-state index is 0.0474. The molecule has 1 unspecified atom stereocenters. The van der Waals surface area contributed by atoms with Gasteiger partial charge in [0, 0.05) is 13.0 Å². The first-order valence-corrected chi connectivity index (χ1v) is 5.48. The van der Waals surface area contributed by atoms with Crippen molar-refractivity contribution >= 4 is 5.78 Å². The standard InChI is InChI=1S/C13H17NO/c1-9-5-10(2)7-11(6-9)8-12-13(15)3-4-14-12/h5-7,12,14H,3-4,8H2,1-2H3. The number of carbonyl (C=O) groups is 1. The highest BCUT2D eigenvalue weighted by molar-refractivity contribution is 5.86. The molecule has 2 nitrogen and oxygen atoms in total. The zero-order chi connectivity index (χ0) is 10.8. The van der Waals surface area contributed by atoms with Crippen molar-refractivity contribution in [2.45, 2.75) is 32.7 Å². The largest absolute Gasteiger partial charge is 0.307 e. The lowest BCUT2D eigenvalue weighted by atomic mass is 10.00. The smallest absolute Gasteiger partial charge is 0.151 e. The van der Waals surface area contributed by atoms with E-state index in [9.17, 15) is 4.79 Å². The van der Waals surface area contributed by atoms with Crippen molar-refractivity contribution in [1.29, 1.82) is 0 Å². The minimum absolute atomic E-state index is 0.0474. The molecule has 0 saturated carbocycles. The number of ketones is 1. The number of aryl methyl sites for hydroxylation is 2. The first-order chi connectivity index (χ1) is 7.15. The lowest BCUT2D eigenvalue weighted by Gasteiger charge is -2.10. The SMILES string of the molecule is Cc1cc(C)cc(CC2NCCC2=O)c1. The van der Waals surface area contributed by atoms with Crippen molar-refractivity contribution in [2.75, 3.05) is 6.54 Å². The molecule has 2 rings (SSSR count). The van der Waals surface area contributed by atoms with Crippen molar-refractivity contribution in [3.63, 3.8) is 0 Å². The van der Waals surface area contributed by atoms with E-state index in [1.165, 1.54) is 16.7 Å². The third-order valence-corrected chi connectivity index (χ3v) is 2.87. The number of hydrogen-bond acceptors (Lipinski definition) is 2. The van der Waals surface area contributed by atoms with E-state index in [1.807, 2.05) is 0 Å². The average Bonchev–Trinajstić information content (AvgIpc) is 2.50. The highest BCUT2D eigenvalue weighted by Crippen LogP contribution is 2.13. The van der Waals surface area contributed by atoms with Gasteiger partial charge in [-0.2, -0.15) is 0 Å². The van der Waals surface area contributed by atoms with Crippen LogP contribution >= 0.6 is 0 Å². The summed E-state index contributed by atoms with van der Waals surface area (Å²) in [5.74, 6) is 0.356. The van der Waals surface area contributed by atoms with Crippen molar-refractivity contribution in [1.82, 2.24) is 5.32 Å². The van der Waals surface area contributed by atoms with Crippen LogP contribution in [-0.4, -0.2) is 18.4 Å². The van der Waals surface area contributed by atoms with E-state index in [2.05, 4.69) is 37.4 Å². The number of nitrogens with one attached hydrogen (secondary N) is 1. The molecule has 1 heterocycles. The summed E-state index contributed by atoms with van der Waals surface area (Å²) in [7, 11) is 0. The summed E-state index contributed by atoms with van der Waals surface area (Å²) in [6, 6.07) is 6.54. The van der Waals surface area contributed by atoms with Crippen LogP contribution in [0.3, 0.4) is 0 Å².